The maximum absolute atomic E-state index is 5.92. The number of nitrogens with two attached hydrogens (primary N) is 1. The van der Waals surface area contributed by atoms with Gasteiger partial charge in [0.25, 0.3) is 0 Å². The van der Waals surface area contributed by atoms with Crippen molar-refractivity contribution < 1.29 is 0 Å². The third-order valence-electron chi connectivity index (χ3n) is 2.82. The predicted octanol–water partition coefficient (Wildman–Crippen LogP) is 3.10. The van der Waals surface area contributed by atoms with Crippen LogP contribution >= 0.6 is 15.9 Å². The Morgan fingerprint density at radius 3 is 2.50 bits per heavy atom. The average Bonchev–Trinajstić information content (AvgIpc) is 2.18. The maximum atomic E-state index is 5.92. The first-order chi connectivity index (χ1) is 7.41. The summed E-state index contributed by atoms with van der Waals surface area (Å²) in [5.74, 6) is 0. The first-order valence-electron chi connectivity index (χ1n) is 5.60. The van der Waals surface area contributed by atoms with E-state index < -0.39 is 0 Å². The SMILES string of the molecule is Cc1ccc(Br)cc1C(CC(C)N)N(C)C. The van der Waals surface area contributed by atoms with Gasteiger partial charge in [-0.1, -0.05) is 22.0 Å². The van der Waals surface area contributed by atoms with Crippen LogP contribution in [0.15, 0.2) is 22.7 Å². The van der Waals surface area contributed by atoms with Gasteiger partial charge in [-0.15, -0.1) is 0 Å². The largest absolute Gasteiger partial charge is 0.328 e. The van der Waals surface area contributed by atoms with Gasteiger partial charge in [-0.3, -0.25) is 0 Å². The van der Waals surface area contributed by atoms with E-state index in [0.29, 0.717) is 6.04 Å². The van der Waals surface area contributed by atoms with Crippen LogP contribution in [0, 0.1) is 6.92 Å². The van der Waals surface area contributed by atoms with Gasteiger partial charge >= 0.3 is 0 Å². The van der Waals surface area contributed by atoms with Crippen molar-refractivity contribution in [2.24, 2.45) is 5.73 Å². The molecule has 90 valence electrons. The highest BCUT2D eigenvalue weighted by atomic mass is 79.9. The van der Waals surface area contributed by atoms with E-state index in [-0.39, 0.29) is 6.04 Å². The van der Waals surface area contributed by atoms with Gasteiger partial charge in [0.05, 0.1) is 0 Å². The van der Waals surface area contributed by atoms with Gasteiger partial charge in [-0.25, -0.2) is 0 Å². The van der Waals surface area contributed by atoms with E-state index in [1.165, 1.54) is 11.1 Å². The molecule has 0 saturated carbocycles. The van der Waals surface area contributed by atoms with Gasteiger partial charge in [0.2, 0.25) is 0 Å². The van der Waals surface area contributed by atoms with Crippen LogP contribution in [0.1, 0.15) is 30.5 Å². The molecule has 0 bridgehead atoms. The second kappa shape index (κ2) is 5.80. The molecule has 0 aliphatic rings. The zero-order valence-corrected chi connectivity index (χ0v) is 12.1. The van der Waals surface area contributed by atoms with Gasteiger partial charge < -0.3 is 10.6 Å². The highest BCUT2D eigenvalue weighted by Crippen LogP contribution is 2.28. The molecule has 0 aliphatic heterocycles. The Morgan fingerprint density at radius 1 is 1.38 bits per heavy atom. The molecule has 1 aromatic carbocycles. The molecule has 1 aromatic rings. The van der Waals surface area contributed by atoms with Crippen molar-refractivity contribution in [3.63, 3.8) is 0 Å². The Morgan fingerprint density at radius 2 is 2.00 bits per heavy atom. The van der Waals surface area contributed by atoms with E-state index in [4.69, 9.17) is 5.73 Å². The summed E-state index contributed by atoms with van der Waals surface area (Å²) in [6, 6.07) is 7.03. The van der Waals surface area contributed by atoms with Crippen molar-refractivity contribution in [2.75, 3.05) is 14.1 Å². The second-order valence-corrected chi connectivity index (χ2v) is 5.61. The molecule has 0 saturated heterocycles. The fourth-order valence-electron chi connectivity index (χ4n) is 1.94. The van der Waals surface area contributed by atoms with Crippen LogP contribution < -0.4 is 5.73 Å². The van der Waals surface area contributed by atoms with Crippen LogP contribution in [0.3, 0.4) is 0 Å². The molecule has 0 aliphatic carbocycles. The Bertz CT molecular complexity index is 348. The maximum Gasteiger partial charge on any atom is 0.0359 e. The number of hydrogen-bond donors (Lipinski definition) is 1. The predicted molar refractivity (Wildman–Crippen MR) is 73.6 cm³/mol. The molecule has 3 heteroatoms. The molecule has 2 N–H and O–H groups in total. The molecule has 0 heterocycles. The van der Waals surface area contributed by atoms with Crippen LogP contribution in [0.5, 0.6) is 0 Å². The normalized spacial score (nSPS) is 15.2. The number of aryl methyl sites for hydroxylation is 1. The zero-order chi connectivity index (χ0) is 12.3. The third kappa shape index (κ3) is 3.58. The molecular formula is C13H21BrN2. The van der Waals surface area contributed by atoms with E-state index in [1.54, 1.807) is 0 Å². The van der Waals surface area contributed by atoms with Crippen molar-refractivity contribution in [2.45, 2.75) is 32.4 Å². The van der Waals surface area contributed by atoms with Gasteiger partial charge in [0, 0.05) is 16.6 Å². The Balaban J connectivity index is 3.05. The molecule has 0 fully saturated rings. The monoisotopic (exact) mass is 284 g/mol. The van der Waals surface area contributed by atoms with Gasteiger partial charge in [0.1, 0.15) is 0 Å². The fraction of sp³-hybridized carbons (Fsp3) is 0.538. The molecule has 0 aromatic heterocycles. The molecule has 2 nitrogen and oxygen atoms in total. The topological polar surface area (TPSA) is 29.3 Å². The van der Waals surface area contributed by atoms with E-state index in [9.17, 15) is 0 Å². The summed E-state index contributed by atoms with van der Waals surface area (Å²) in [6.45, 7) is 4.21. The molecule has 0 amide bonds. The average molecular weight is 285 g/mol. The number of nitrogens with zero attached hydrogens (tertiary/aromatic N) is 1. The summed E-state index contributed by atoms with van der Waals surface area (Å²) in [5.41, 5.74) is 8.60. The lowest BCUT2D eigenvalue weighted by Crippen LogP contribution is -2.28. The molecule has 0 radical (unpaired) electrons. The van der Waals surface area contributed by atoms with Crippen molar-refractivity contribution in [1.82, 2.24) is 4.90 Å². The molecule has 16 heavy (non-hydrogen) atoms. The molecule has 1 rings (SSSR count). The van der Waals surface area contributed by atoms with Crippen molar-refractivity contribution >= 4 is 15.9 Å². The highest BCUT2D eigenvalue weighted by Gasteiger charge is 2.17. The third-order valence-corrected chi connectivity index (χ3v) is 3.31. The second-order valence-electron chi connectivity index (χ2n) is 4.69. The minimum atomic E-state index is 0.214. The Labute approximate surface area is 107 Å². The number of hydrogen-bond acceptors (Lipinski definition) is 2. The van der Waals surface area contributed by atoms with Gasteiger partial charge in [-0.2, -0.15) is 0 Å². The summed E-state index contributed by atoms with van der Waals surface area (Å²) in [5, 5.41) is 0. The van der Waals surface area contributed by atoms with Crippen molar-refractivity contribution in [3.05, 3.63) is 33.8 Å². The van der Waals surface area contributed by atoms with E-state index in [0.717, 1.165) is 10.9 Å². The van der Waals surface area contributed by atoms with E-state index >= 15 is 0 Å². The minimum absolute atomic E-state index is 0.214. The Kier molecular flexibility index (Phi) is 4.96. The van der Waals surface area contributed by atoms with E-state index in [2.05, 4.69) is 67.0 Å². The summed E-state index contributed by atoms with van der Waals surface area (Å²) in [4.78, 5) is 2.23. The molecule has 0 spiro atoms. The molecular weight excluding hydrogens is 264 g/mol. The van der Waals surface area contributed by atoms with Crippen LogP contribution in [-0.2, 0) is 0 Å². The lowest BCUT2D eigenvalue weighted by atomic mass is 9.95. The smallest absolute Gasteiger partial charge is 0.0359 e. The van der Waals surface area contributed by atoms with E-state index in [1.807, 2.05) is 0 Å². The van der Waals surface area contributed by atoms with Crippen LogP contribution in [-0.4, -0.2) is 25.0 Å². The van der Waals surface area contributed by atoms with Crippen LogP contribution in [0.25, 0.3) is 0 Å². The molecule has 2 atom stereocenters. The summed E-state index contributed by atoms with van der Waals surface area (Å²) >= 11 is 3.53. The van der Waals surface area contributed by atoms with Gasteiger partial charge in [-0.05, 0) is 57.6 Å². The highest BCUT2D eigenvalue weighted by molar-refractivity contribution is 9.10. The molecule has 2 unspecified atom stereocenters. The first-order valence-corrected chi connectivity index (χ1v) is 6.39. The zero-order valence-electron chi connectivity index (χ0n) is 10.5. The number of halogens is 1. The lowest BCUT2D eigenvalue weighted by molar-refractivity contribution is 0.271. The summed E-state index contributed by atoms with van der Waals surface area (Å²) < 4.78 is 1.13. The fourth-order valence-corrected chi connectivity index (χ4v) is 2.32. The van der Waals surface area contributed by atoms with Gasteiger partial charge in [0.15, 0.2) is 0 Å². The lowest BCUT2D eigenvalue weighted by Gasteiger charge is -2.28. The quantitative estimate of drug-likeness (QED) is 0.921. The van der Waals surface area contributed by atoms with Crippen molar-refractivity contribution in [3.8, 4) is 0 Å². The Hall–Kier alpha value is -0.380. The van der Waals surface area contributed by atoms with Crippen molar-refractivity contribution in [1.29, 1.82) is 0 Å². The number of benzene rings is 1. The number of rotatable bonds is 4. The summed E-state index contributed by atoms with van der Waals surface area (Å²) in [7, 11) is 4.21. The van der Waals surface area contributed by atoms with Crippen LogP contribution in [0.2, 0.25) is 0 Å². The van der Waals surface area contributed by atoms with Crippen LogP contribution in [0.4, 0.5) is 0 Å². The minimum Gasteiger partial charge on any atom is -0.328 e. The standard InChI is InChI=1S/C13H21BrN2/c1-9-5-6-11(14)8-12(9)13(16(3)4)7-10(2)15/h5-6,8,10,13H,7,15H2,1-4H3. The first kappa shape index (κ1) is 13.7. The summed E-state index contributed by atoms with van der Waals surface area (Å²) in [6.07, 6.45) is 0.976.